The van der Waals surface area contributed by atoms with E-state index in [2.05, 4.69) is 4.98 Å². The molecule has 0 saturated heterocycles. The normalized spacial score (nSPS) is 11.9. The molecule has 0 saturated carbocycles. The zero-order valence-electron chi connectivity index (χ0n) is 20.8. The van der Waals surface area contributed by atoms with Gasteiger partial charge >= 0.3 is 0 Å². The van der Waals surface area contributed by atoms with Crippen molar-refractivity contribution < 1.29 is 4.74 Å². The summed E-state index contributed by atoms with van der Waals surface area (Å²) in [5.41, 5.74) is 6.18. The SMILES string of the molecule is O=c1/c(=C/c2cn(-c3ccccc3)nc2-c2ccc(OCc3ccccc3)cc2)sc2nc3ccccc3n12. The second-order valence-electron chi connectivity index (χ2n) is 9.15. The summed E-state index contributed by atoms with van der Waals surface area (Å²) in [5.74, 6) is 0.781. The number of hydrogen-bond donors (Lipinski definition) is 0. The monoisotopic (exact) mass is 526 g/mol. The molecule has 0 spiro atoms. The first kappa shape index (κ1) is 23.1. The fourth-order valence-corrected chi connectivity index (χ4v) is 5.61. The third-order valence-corrected chi connectivity index (χ3v) is 7.54. The van der Waals surface area contributed by atoms with E-state index in [1.165, 1.54) is 11.3 Å². The number of rotatable bonds is 6. The van der Waals surface area contributed by atoms with E-state index < -0.39 is 0 Å². The van der Waals surface area contributed by atoms with Gasteiger partial charge in [-0.05, 0) is 60.2 Å². The Morgan fingerprint density at radius 3 is 2.33 bits per heavy atom. The van der Waals surface area contributed by atoms with E-state index in [9.17, 15) is 4.79 Å². The van der Waals surface area contributed by atoms with Gasteiger partial charge in [-0.3, -0.25) is 4.79 Å². The van der Waals surface area contributed by atoms with Crippen LogP contribution in [-0.4, -0.2) is 19.2 Å². The fourth-order valence-electron chi connectivity index (χ4n) is 4.63. The first-order valence-electron chi connectivity index (χ1n) is 12.6. The first-order chi connectivity index (χ1) is 19.2. The highest BCUT2D eigenvalue weighted by Gasteiger charge is 2.14. The van der Waals surface area contributed by atoms with Gasteiger partial charge in [0.25, 0.3) is 5.56 Å². The van der Waals surface area contributed by atoms with Crippen LogP contribution in [0.4, 0.5) is 0 Å². The number of imidazole rings is 1. The molecule has 0 aliphatic rings. The van der Waals surface area contributed by atoms with Gasteiger partial charge in [0.15, 0.2) is 4.96 Å². The van der Waals surface area contributed by atoms with Crippen LogP contribution >= 0.6 is 11.3 Å². The van der Waals surface area contributed by atoms with Crippen LogP contribution in [0.15, 0.2) is 120 Å². The van der Waals surface area contributed by atoms with E-state index in [1.54, 1.807) is 4.40 Å². The molecule has 0 fully saturated rings. The highest BCUT2D eigenvalue weighted by atomic mass is 32.1. The molecule has 0 aliphatic carbocycles. The first-order valence-corrected chi connectivity index (χ1v) is 13.4. The molecule has 3 aromatic heterocycles. The van der Waals surface area contributed by atoms with E-state index in [0.29, 0.717) is 16.1 Å². The molecule has 0 amide bonds. The number of thiazole rings is 1. The Morgan fingerprint density at radius 2 is 1.54 bits per heavy atom. The summed E-state index contributed by atoms with van der Waals surface area (Å²) in [6.07, 6.45) is 3.88. The summed E-state index contributed by atoms with van der Waals surface area (Å²) in [5, 5.41) is 4.92. The van der Waals surface area contributed by atoms with Crippen molar-refractivity contribution in [3.05, 3.63) is 141 Å². The summed E-state index contributed by atoms with van der Waals surface area (Å²) in [6.45, 7) is 0.503. The minimum Gasteiger partial charge on any atom is -0.489 e. The Bertz CT molecular complexity index is 2030. The third kappa shape index (κ3) is 4.39. The number of fused-ring (bicyclic) bond motifs is 3. The molecular weight excluding hydrogens is 504 g/mol. The van der Waals surface area contributed by atoms with Gasteiger partial charge in [0.2, 0.25) is 0 Å². The highest BCUT2D eigenvalue weighted by molar-refractivity contribution is 7.15. The molecular formula is C32H22N4O2S. The lowest BCUT2D eigenvalue weighted by Gasteiger charge is -2.07. The molecule has 0 unspecified atom stereocenters. The summed E-state index contributed by atoms with van der Waals surface area (Å²) < 4.78 is 10.1. The lowest BCUT2D eigenvalue weighted by Crippen LogP contribution is -2.22. The summed E-state index contributed by atoms with van der Waals surface area (Å²) >= 11 is 1.39. The van der Waals surface area contributed by atoms with Gasteiger partial charge in [-0.2, -0.15) is 5.10 Å². The Kier molecular flexibility index (Phi) is 5.75. The van der Waals surface area contributed by atoms with Gasteiger partial charge < -0.3 is 4.74 Å². The van der Waals surface area contributed by atoms with Crippen molar-refractivity contribution in [2.45, 2.75) is 6.61 Å². The second-order valence-corrected chi connectivity index (χ2v) is 10.2. The highest BCUT2D eigenvalue weighted by Crippen LogP contribution is 2.27. The Hall–Kier alpha value is -5.01. The van der Waals surface area contributed by atoms with E-state index in [4.69, 9.17) is 9.84 Å². The van der Waals surface area contributed by atoms with Gasteiger partial charge in [0.05, 0.1) is 21.3 Å². The fraction of sp³-hybridized carbons (Fsp3) is 0.0312. The van der Waals surface area contributed by atoms with Gasteiger partial charge in [-0.15, -0.1) is 0 Å². The third-order valence-electron chi connectivity index (χ3n) is 6.57. The number of benzene rings is 4. The molecule has 0 atom stereocenters. The molecule has 188 valence electrons. The number of ether oxygens (including phenoxy) is 1. The van der Waals surface area contributed by atoms with Crippen LogP contribution in [0.1, 0.15) is 11.1 Å². The average molecular weight is 527 g/mol. The average Bonchev–Trinajstić information content (AvgIpc) is 3.66. The number of para-hydroxylation sites is 3. The second kappa shape index (κ2) is 9.70. The topological polar surface area (TPSA) is 61.4 Å². The van der Waals surface area contributed by atoms with Crippen molar-refractivity contribution >= 4 is 33.4 Å². The minimum absolute atomic E-state index is 0.0771. The predicted molar refractivity (Wildman–Crippen MR) is 155 cm³/mol. The van der Waals surface area contributed by atoms with Crippen molar-refractivity contribution in [3.63, 3.8) is 0 Å². The van der Waals surface area contributed by atoms with Crippen LogP contribution in [-0.2, 0) is 6.61 Å². The molecule has 7 rings (SSSR count). The van der Waals surface area contributed by atoms with Gasteiger partial charge in [-0.1, -0.05) is 72.0 Å². The standard InChI is InChI=1S/C32H22N4O2S/c37-31-29(39-32-33-27-13-7-8-14-28(27)36(31)32)19-24-20-35(25-11-5-2-6-12-25)34-30(24)23-15-17-26(18-16-23)38-21-22-9-3-1-4-10-22/h1-20H,21H2/b29-19-. The quantitative estimate of drug-likeness (QED) is 0.271. The molecule has 3 heterocycles. The molecule has 4 aromatic carbocycles. The van der Waals surface area contributed by atoms with Crippen molar-refractivity contribution in [1.29, 1.82) is 0 Å². The molecule has 0 radical (unpaired) electrons. The zero-order valence-corrected chi connectivity index (χ0v) is 21.6. The lowest BCUT2D eigenvalue weighted by atomic mass is 10.1. The summed E-state index contributed by atoms with van der Waals surface area (Å²) in [6, 6.07) is 35.6. The van der Waals surface area contributed by atoms with Crippen molar-refractivity contribution in [2.75, 3.05) is 0 Å². The van der Waals surface area contributed by atoms with E-state index >= 15 is 0 Å². The van der Waals surface area contributed by atoms with Crippen LogP contribution < -0.4 is 14.8 Å². The molecule has 7 aromatic rings. The predicted octanol–water partition coefficient (Wildman–Crippen LogP) is 5.89. The van der Waals surface area contributed by atoms with Crippen LogP contribution in [0.25, 0.3) is 39.0 Å². The molecule has 0 N–H and O–H groups in total. The van der Waals surface area contributed by atoms with Gasteiger partial charge in [0.1, 0.15) is 18.1 Å². The van der Waals surface area contributed by atoms with Crippen LogP contribution in [0, 0.1) is 0 Å². The van der Waals surface area contributed by atoms with Crippen LogP contribution in [0.5, 0.6) is 5.75 Å². The number of hydrogen-bond acceptors (Lipinski definition) is 5. The van der Waals surface area contributed by atoms with E-state index in [1.807, 2.05) is 126 Å². The lowest BCUT2D eigenvalue weighted by molar-refractivity contribution is 0.306. The maximum Gasteiger partial charge on any atom is 0.274 e. The molecule has 39 heavy (non-hydrogen) atoms. The molecule has 0 bridgehead atoms. The summed E-state index contributed by atoms with van der Waals surface area (Å²) in [7, 11) is 0. The van der Waals surface area contributed by atoms with Gasteiger partial charge in [-0.25, -0.2) is 14.1 Å². The zero-order chi connectivity index (χ0) is 26.2. The van der Waals surface area contributed by atoms with Gasteiger partial charge in [0, 0.05) is 17.3 Å². The van der Waals surface area contributed by atoms with Crippen LogP contribution in [0.3, 0.4) is 0 Å². The number of aromatic nitrogens is 4. The Balaban J connectivity index is 1.29. The van der Waals surface area contributed by atoms with Crippen molar-refractivity contribution in [2.24, 2.45) is 0 Å². The largest absolute Gasteiger partial charge is 0.489 e. The van der Waals surface area contributed by atoms with E-state index in [-0.39, 0.29) is 5.56 Å². The van der Waals surface area contributed by atoms with Crippen LogP contribution in [0.2, 0.25) is 0 Å². The summed E-state index contributed by atoms with van der Waals surface area (Å²) in [4.78, 5) is 18.8. The maximum atomic E-state index is 13.4. The van der Waals surface area contributed by atoms with Crippen molar-refractivity contribution in [1.82, 2.24) is 19.2 Å². The van der Waals surface area contributed by atoms with Crippen molar-refractivity contribution in [3.8, 4) is 22.7 Å². The minimum atomic E-state index is -0.0771. The Morgan fingerprint density at radius 1 is 0.821 bits per heavy atom. The molecule has 0 aliphatic heterocycles. The Labute approximate surface area is 227 Å². The molecule has 7 heteroatoms. The maximum absolute atomic E-state index is 13.4. The molecule has 6 nitrogen and oxygen atoms in total. The number of nitrogens with zero attached hydrogens (tertiary/aromatic N) is 4. The smallest absolute Gasteiger partial charge is 0.274 e. The van der Waals surface area contributed by atoms with E-state index in [0.717, 1.165) is 44.9 Å².